The molecule has 3 unspecified atom stereocenters. The molecule has 3 heterocycles. The van der Waals surface area contributed by atoms with E-state index in [2.05, 4.69) is 29.5 Å². The molecule has 0 radical (unpaired) electrons. The third kappa shape index (κ3) is 7.03. The van der Waals surface area contributed by atoms with Gasteiger partial charge in [0.05, 0.1) is 21.8 Å². The van der Waals surface area contributed by atoms with E-state index in [1.165, 1.54) is 28.7 Å². The van der Waals surface area contributed by atoms with Crippen molar-refractivity contribution in [3.05, 3.63) is 34.2 Å². The molecule has 0 saturated carbocycles. The molecule has 0 saturated heterocycles. The van der Waals surface area contributed by atoms with Crippen molar-refractivity contribution in [3.63, 3.8) is 0 Å². The van der Waals surface area contributed by atoms with Gasteiger partial charge in [0.2, 0.25) is 5.91 Å². The molecule has 7 nitrogen and oxygen atoms in total. The fourth-order valence-electron chi connectivity index (χ4n) is 4.87. The molecule has 41 heavy (non-hydrogen) atoms. The first-order valence-electron chi connectivity index (χ1n) is 13.8. The van der Waals surface area contributed by atoms with E-state index in [1.54, 1.807) is 4.90 Å². The molecule has 0 spiro atoms. The Morgan fingerprint density at radius 1 is 1.20 bits per heavy atom. The number of aromatic nitrogens is 1. The summed E-state index contributed by atoms with van der Waals surface area (Å²) in [6, 6.07) is 3.29. The van der Waals surface area contributed by atoms with Crippen LogP contribution >= 0.6 is 22.7 Å². The van der Waals surface area contributed by atoms with Gasteiger partial charge < -0.3 is 15.4 Å². The molecule has 2 aromatic heterocycles. The Morgan fingerprint density at radius 3 is 2.54 bits per heavy atom. The predicted octanol–water partition coefficient (Wildman–Crippen LogP) is 8.00. The zero-order valence-corrected chi connectivity index (χ0v) is 26.0. The number of thiazole rings is 1. The van der Waals surface area contributed by atoms with Crippen LogP contribution in [0.3, 0.4) is 0 Å². The Morgan fingerprint density at radius 2 is 1.90 bits per heavy atom. The van der Waals surface area contributed by atoms with E-state index in [9.17, 15) is 22.8 Å². The number of carbonyl (C=O) groups excluding carboxylic acids is 2. The second-order valence-electron chi connectivity index (χ2n) is 11.5. The third-order valence-corrected chi connectivity index (χ3v) is 9.42. The topological polar surface area (TPSA) is 83.6 Å². The van der Waals surface area contributed by atoms with Gasteiger partial charge >= 0.3 is 12.3 Å². The molecule has 1 aliphatic heterocycles. The number of benzene rings is 1. The molecule has 0 fully saturated rings. The molecular formula is C29H37F3N4O3S2. The molecular weight excluding hydrogens is 573 g/mol. The second kappa shape index (κ2) is 11.9. The van der Waals surface area contributed by atoms with Crippen LogP contribution < -0.4 is 10.6 Å². The fraction of sp³-hybridized carbons (Fsp3) is 0.552. The number of nitrogens with one attached hydrogen (secondary N) is 2. The number of hydrogen-bond donors (Lipinski definition) is 2. The smallest absolute Gasteiger partial charge is 0.416 e. The summed E-state index contributed by atoms with van der Waals surface area (Å²) in [6.45, 7) is 14.0. The van der Waals surface area contributed by atoms with E-state index in [0.29, 0.717) is 33.2 Å². The number of carbonyl (C=O) groups is 2. The fourth-order valence-corrected chi connectivity index (χ4v) is 7.26. The highest BCUT2D eigenvalue weighted by atomic mass is 32.1. The standard InChI is InChI=1S/C29H37F3N4O3S2/c1-8-15(2)33-12-11-22(37)35-26-23(25-34-20-14-18(29(30,31)32)9-10-21(20)40-25)19-13-16(3)36(17(4)24(19)41-26)27(38)39-28(5,6)7/h9-10,14-17,33H,8,11-13H2,1-7H3,(H,35,37). The van der Waals surface area contributed by atoms with Crippen molar-refractivity contribution >= 4 is 49.9 Å². The van der Waals surface area contributed by atoms with Crippen LogP contribution in [0.1, 0.15) is 83.4 Å². The second-order valence-corrected chi connectivity index (χ2v) is 13.6. The number of hydrogen-bond acceptors (Lipinski definition) is 7. The van der Waals surface area contributed by atoms with E-state index in [-0.39, 0.29) is 36.0 Å². The summed E-state index contributed by atoms with van der Waals surface area (Å²) in [4.78, 5) is 33.4. The molecule has 2 amide bonds. The van der Waals surface area contributed by atoms with Gasteiger partial charge in [-0.3, -0.25) is 9.69 Å². The maximum atomic E-state index is 13.4. The first-order chi connectivity index (χ1) is 19.1. The van der Waals surface area contributed by atoms with Gasteiger partial charge in [0, 0.05) is 35.5 Å². The van der Waals surface area contributed by atoms with Crippen molar-refractivity contribution in [1.82, 2.24) is 15.2 Å². The largest absolute Gasteiger partial charge is 0.444 e. The number of fused-ring (bicyclic) bond motifs is 2. The maximum absolute atomic E-state index is 13.4. The molecule has 0 bridgehead atoms. The number of rotatable bonds is 7. The zero-order chi connectivity index (χ0) is 30.3. The van der Waals surface area contributed by atoms with Crippen LogP contribution in [-0.2, 0) is 22.1 Å². The minimum absolute atomic E-state index is 0.175. The average Bonchev–Trinajstić information content (AvgIpc) is 3.42. The molecule has 2 N–H and O–H groups in total. The highest BCUT2D eigenvalue weighted by Gasteiger charge is 2.40. The van der Waals surface area contributed by atoms with E-state index in [1.807, 2.05) is 34.6 Å². The normalized spacial score (nSPS) is 18.3. The minimum atomic E-state index is -4.47. The van der Waals surface area contributed by atoms with Crippen LogP contribution in [-0.4, -0.2) is 46.1 Å². The Bertz CT molecular complexity index is 1430. The van der Waals surface area contributed by atoms with Crippen LogP contribution in [0.15, 0.2) is 18.2 Å². The summed E-state index contributed by atoms with van der Waals surface area (Å²) in [7, 11) is 0. The Hall–Kier alpha value is -2.70. The lowest BCUT2D eigenvalue weighted by atomic mass is 9.93. The number of alkyl halides is 3. The van der Waals surface area contributed by atoms with Gasteiger partial charge in [-0.05, 0) is 78.1 Å². The molecule has 1 aliphatic rings. The van der Waals surface area contributed by atoms with Crippen LogP contribution in [0.4, 0.5) is 23.0 Å². The first kappa shape index (κ1) is 31.2. The first-order valence-corrected chi connectivity index (χ1v) is 15.4. The lowest BCUT2D eigenvalue weighted by Crippen LogP contribution is -2.46. The quantitative estimate of drug-likeness (QED) is 0.283. The lowest BCUT2D eigenvalue weighted by molar-refractivity contribution is -0.137. The summed E-state index contributed by atoms with van der Waals surface area (Å²) in [6.07, 6.45) is -3.20. The van der Waals surface area contributed by atoms with E-state index in [4.69, 9.17) is 4.74 Å². The monoisotopic (exact) mass is 610 g/mol. The van der Waals surface area contributed by atoms with Gasteiger partial charge in [0.15, 0.2) is 0 Å². The Kier molecular flexibility index (Phi) is 9.06. The predicted molar refractivity (Wildman–Crippen MR) is 159 cm³/mol. The molecule has 12 heteroatoms. The van der Waals surface area contributed by atoms with Gasteiger partial charge in [0.25, 0.3) is 0 Å². The van der Waals surface area contributed by atoms with Gasteiger partial charge in [-0.25, -0.2) is 9.78 Å². The number of nitrogens with zero attached hydrogens (tertiary/aromatic N) is 2. The van der Waals surface area contributed by atoms with Crippen molar-refractivity contribution in [2.24, 2.45) is 0 Å². The van der Waals surface area contributed by atoms with Gasteiger partial charge in [-0.2, -0.15) is 13.2 Å². The maximum Gasteiger partial charge on any atom is 0.416 e. The van der Waals surface area contributed by atoms with Crippen LogP contribution in [0.25, 0.3) is 20.8 Å². The highest BCUT2D eigenvalue weighted by Crippen LogP contribution is 2.50. The summed E-state index contributed by atoms with van der Waals surface area (Å²) in [5, 5.41) is 7.48. The Balaban J connectivity index is 1.75. The molecule has 224 valence electrons. The van der Waals surface area contributed by atoms with Crippen molar-refractivity contribution in [3.8, 4) is 10.6 Å². The molecule has 0 aliphatic carbocycles. The van der Waals surface area contributed by atoms with Crippen molar-refractivity contribution in [1.29, 1.82) is 0 Å². The minimum Gasteiger partial charge on any atom is -0.444 e. The van der Waals surface area contributed by atoms with E-state index < -0.39 is 23.4 Å². The Labute approximate surface area is 246 Å². The summed E-state index contributed by atoms with van der Waals surface area (Å²) in [5.74, 6) is -0.175. The number of anilines is 1. The SMILES string of the molecule is CCC(C)NCCC(=O)Nc1sc2c(c1-c1nc3cc(C(F)(F)F)ccc3s1)CC(C)N(C(=O)OC(C)(C)C)C2C. The number of halogens is 3. The van der Waals surface area contributed by atoms with Crippen LogP contribution in [0.5, 0.6) is 0 Å². The summed E-state index contributed by atoms with van der Waals surface area (Å²) in [5.41, 5.74) is 0.494. The number of thiophene rings is 1. The lowest BCUT2D eigenvalue weighted by Gasteiger charge is -2.39. The van der Waals surface area contributed by atoms with Crippen LogP contribution in [0.2, 0.25) is 0 Å². The van der Waals surface area contributed by atoms with Crippen molar-refractivity contribution < 1.29 is 27.5 Å². The van der Waals surface area contributed by atoms with E-state index in [0.717, 1.165) is 29.0 Å². The molecule has 4 rings (SSSR count). The van der Waals surface area contributed by atoms with E-state index >= 15 is 0 Å². The summed E-state index contributed by atoms with van der Waals surface area (Å²) >= 11 is 2.67. The third-order valence-electron chi connectivity index (χ3n) is 7.05. The van der Waals surface area contributed by atoms with Gasteiger partial charge in [-0.15, -0.1) is 22.7 Å². The highest BCUT2D eigenvalue weighted by molar-refractivity contribution is 7.23. The van der Waals surface area contributed by atoms with Crippen LogP contribution in [0, 0.1) is 0 Å². The van der Waals surface area contributed by atoms with Crippen molar-refractivity contribution in [2.45, 2.75) is 97.6 Å². The number of ether oxygens (including phenoxy) is 1. The average molecular weight is 611 g/mol. The van der Waals surface area contributed by atoms with Gasteiger partial charge in [-0.1, -0.05) is 6.92 Å². The van der Waals surface area contributed by atoms with Gasteiger partial charge in [0.1, 0.15) is 15.6 Å². The molecule has 1 aromatic carbocycles. The molecule has 3 atom stereocenters. The molecule has 3 aromatic rings. The summed E-state index contributed by atoms with van der Waals surface area (Å²) < 4.78 is 46.4. The number of amides is 2. The van der Waals surface area contributed by atoms with Crippen molar-refractivity contribution in [2.75, 3.05) is 11.9 Å². The zero-order valence-electron chi connectivity index (χ0n) is 24.4.